The van der Waals surface area contributed by atoms with E-state index in [0.29, 0.717) is 27.8 Å². The quantitative estimate of drug-likeness (QED) is 0.383. The first-order valence-electron chi connectivity index (χ1n) is 10.8. The fourth-order valence-electron chi connectivity index (χ4n) is 3.22. The molecule has 3 rings (SSSR count). The van der Waals surface area contributed by atoms with Crippen molar-refractivity contribution in [2.75, 3.05) is 13.2 Å². The Morgan fingerprint density at radius 1 is 1.09 bits per heavy atom. The molecule has 1 aromatic heterocycles. The number of esters is 2. The van der Waals surface area contributed by atoms with E-state index in [2.05, 4.69) is 16.8 Å². The summed E-state index contributed by atoms with van der Waals surface area (Å²) in [6.45, 7) is 10.2. The van der Waals surface area contributed by atoms with E-state index in [4.69, 9.17) is 9.47 Å². The number of aromatic hydroxyl groups is 1. The summed E-state index contributed by atoms with van der Waals surface area (Å²) in [4.78, 5) is 25.2. The Morgan fingerprint density at radius 2 is 1.68 bits per heavy atom. The lowest BCUT2D eigenvalue weighted by atomic mass is 9.84. The third-order valence-corrected chi connectivity index (χ3v) is 5.00. The van der Waals surface area contributed by atoms with Crippen LogP contribution in [0.3, 0.4) is 0 Å². The summed E-state index contributed by atoms with van der Waals surface area (Å²) >= 11 is 0. The highest BCUT2D eigenvalue weighted by atomic mass is 16.6. The van der Waals surface area contributed by atoms with Gasteiger partial charge in [0.25, 0.3) is 0 Å². The van der Waals surface area contributed by atoms with Gasteiger partial charge in [0.2, 0.25) is 0 Å². The minimum atomic E-state index is -1.16. The molecule has 2 aromatic carbocycles. The van der Waals surface area contributed by atoms with Gasteiger partial charge in [-0.05, 0) is 36.1 Å². The highest BCUT2D eigenvalue weighted by Gasteiger charge is 2.24. The average molecular weight is 468 g/mol. The number of hydrogen-bond donors (Lipinski definition) is 2. The zero-order valence-electron chi connectivity index (χ0n) is 19.7. The zero-order valence-corrected chi connectivity index (χ0v) is 19.7. The summed E-state index contributed by atoms with van der Waals surface area (Å²) in [7, 11) is 0. The Hall–Kier alpha value is -3.72. The Balaban J connectivity index is 1.78. The van der Waals surface area contributed by atoms with E-state index < -0.39 is 23.5 Å². The molecule has 9 nitrogen and oxygen atoms in total. The van der Waals surface area contributed by atoms with Crippen molar-refractivity contribution in [2.45, 2.75) is 45.6 Å². The molecule has 180 valence electrons. The van der Waals surface area contributed by atoms with Crippen LogP contribution in [0.15, 0.2) is 48.6 Å². The van der Waals surface area contributed by atoms with Crippen molar-refractivity contribution in [3.8, 4) is 11.4 Å². The van der Waals surface area contributed by atoms with Crippen LogP contribution in [0.1, 0.15) is 38.8 Å². The Kier molecular flexibility index (Phi) is 7.36. The molecule has 0 aliphatic rings. The van der Waals surface area contributed by atoms with E-state index >= 15 is 0 Å². The number of phenols is 1. The van der Waals surface area contributed by atoms with Gasteiger partial charge in [0.1, 0.15) is 41.8 Å². The second-order valence-electron chi connectivity index (χ2n) is 9.13. The maximum absolute atomic E-state index is 12.4. The molecule has 34 heavy (non-hydrogen) atoms. The number of phenolic OH excluding ortho intramolecular Hbond substituents is 1. The largest absolute Gasteiger partial charge is 0.505 e. The highest BCUT2D eigenvalue weighted by molar-refractivity contribution is 5.86. The lowest BCUT2D eigenvalue weighted by Crippen LogP contribution is -2.26. The predicted octanol–water partition coefficient (Wildman–Crippen LogP) is 2.99. The molecule has 0 bridgehead atoms. The fourth-order valence-corrected chi connectivity index (χ4v) is 3.22. The third-order valence-electron chi connectivity index (χ3n) is 5.00. The van der Waals surface area contributed by atoms with Crippen LogP contribution in [0, 0.1) is 0 Å². The number of aliphatic hydroxyl groups excluding tert-OH is 1. The summed E-state index contributed by atoms with van der Waals surface area (Å²) in [6.07, 6.45) is -1.26. The Morgan fingerprint density at radius 3 is 2.24 bits per heavy atom. The fraction of sp³-hybridized carbons (Fsp3) is 0.360. The zero-order chi connectivity index (χ0) is 25.0. The number of nitrogens with zero attached hydrogens (tertiary/aromatic N) is 3. The van der Waals surface area contributed by atoms with E-state index in [-0.39, 0.29) is 31.0 Å². The van der Waals surface area contributed by atoms with Gasteiger partial charge in [-0.1, -0.05) is 45.5 Å². The minimum absolute atomic E-state index is 0.0275. The van der Waals surface area contributed by atoms with Crippen molar-refractivity contribution >= 4 is 23.0 Å². The topological polar surface area (TPSA) is 124 Å². The van der Waals surface area contributed by atoms with Crippen LogP contribution in [0.2, 0.25) is 0 Å². The smallest absolute Gasteiger partial charge is 0.333 e. The summed E-state index contributed by atoms with van der Waals surface area (Å²) in [5.41, 5.74) is 2.69. The molecule has 0 saturated heterocycles. The van der Waals surface area contributed by atoms with Crippen LogP contribution in [0.5, 0.6) is 5.75 Å². The molecule has 1 unspecified atom stereocenters. The minimum Gasteiger partial charge on any atom is -0.505 e. The van der Waals surface area contributed by atoms with E-state index in [9.17, 15) is 19.8 Å². The second kappa shape index (κ2) is 10.0. The van der Waals surface area contributed by atoms with Gasteiger partial charge in [-0.15, -0.1) is 15.0 Å². The van der Waals surface area contributed by atoms with Crippen LogP contribution < -0.4 is 0 Å². The monoisotopic (exact) mass is 467 g/mol. The van der Waals surface area contributed by atoms with Gasteiger partial charge < -0.3 is 19.7 Å². The van der Waals surface area contributed by atoms with Gasteiger partial charge in [0.15, 0.2) is 0 Å². The molecule has 0 aliphatic carbocycles. The van der Waals surface area contributed by atoms with Gasteiger partial charge in [0.05, 0.1) is 6.42 Å². The first-order valence-corrected chi connectivity index (χ1v) is 10.8. The van der Waals surface area contributed by atoms with Crippen molar-refractivity contribution in [3.63, 3.8) is 0 Å². The molecule has 0 amide bonds. The number of ether oxygens (including phenoxy) is 2. The van der Waals surface area contributed by atoms with E-state index in [0.717, 1.165) is 0 Å². The number of rotatable bonds is 8. The highest BCUT2D eigenvalue weighted by Crippen LogP contribution is 2.36. The van der Waals surface area contributed by atoms with Crippen LogP contribution in [0.4, 0.5) is 0 Å². The first kappa shape index (κ1) is 24.9. The number of fused-ring (bicyclic) bond motifs is 1. The van der Waals surface area contributed by atoms with Crippen LogP contribution in [-0.4, -0.2) is 56.5 Å². The maximum Gasteiger partial charge on any atom is 0.333 e. The molecule has 0 spiro atoms. The molecule has 3 aromatic rings. The lowest BCUT2D eigenvalue weighted by Gasteiger charge is -2.23. The van der Waals surface area contributed by atoms with Crippen molar-refractivity contribution in [1.29, 1.82) is 0 Å². The van der Waals surface area contributed by atoms with Crippen LogP contribution in [0.25, 0.3) is 16.7 Å². The molecule has 1 heterocycles. The Bertz CT molecular complexity index is 1190. The van der Waals surface area contributed by atoms with Crippen LogP contribution >= 0.6 is 0 Å². The summed E-state index contributed by atoms with van der Waals surface area (Å²) in [5.74, 6) is -1.18. The molecule has 0 fully saturated rings. The molecule has 1 atom stereocenters. The number of carbonyl (C=O) groups is 2. The number of benzene rings is 2. The lowest BCUT2D eigenvalue weighted by molar-refractivity contribution is -0.149. The van der Waals surface area contributed by atoms with Gasteiger partial charge >= 0.3 is 11.9 Å². The van der Waals surface area contributed by atoms with Crippen molar-refractivity contribution in [2.24, 2.45) is 0 Å². The summed E-state index contributed by atoms with van der Waals surface area (Å²) < 4.78 is 9.99. The molecule has 9 heteroatoms. The van der Waals surface area contributed by atoms with E-state index in [1.165, 1.54) is 11.7 Å². The van der Waals surface area contributed by atoms with Crippen molar-refractivity contribution < 1.29 is 29.3 Å². The molecular weight excluding hydrogens is 438 g/mol. The van der Waals surface area contributed by atoms with Gasteiger partial charge in [-0.3, -0.25) is 4.79 Å². The normalized spacial score (nSPS) is 12.4. The molecule has 0 radical (unpaired) electrons. The SMILES string of the molecule is C=C(C)C(=O)OCC(O)COC(=O)Cc1cc(-n2nc3ccccc3n2)c(O)c(C(C)(C)C)c1. The Labute approximate surface area is 197 Å². The van der Waals surface area contributed by atoms with E-state index in [1.807, 2.05) is 45.0 Å². The molecule has 0 aliphatic heterocycles. The van der Waals surface area contributed by atoms with Gasteiger partial charge in [0, 0.05) is 11.1 Å². The number of aromatic nitrogens is 3. The van der Waals surface area contributed by atoms with Crippen LogP contribution in [-0.2, 0) is 30.9 Å². The third kappa shape index (κ3) is 5.99. The maximum atomic E-state index is 12.4. The summed E-state index contributed by atoms with van der Waals surface area (Å²) in [6, 6.07) is 10.7. The predicted molar refractivity (Wildman–Crippen MR) is 126 cm³/mol. The number of carbonyl (C=O) groups excluding carboxylic acids is 2. The van der Waals surface area contributed by atoms with Crippen molar-refractivity contribution in [3.05, 3.63) is 59.7 Å². The molecule has 2 N–H and O–H groups in total. The standard InChI is InChI=1S/C25H29N3O6/c1-15(2)24(32)34-14-17(29)13-33-22(30)12-16-10-18(25(3,4)5)23(31)21(11-16)28-26-19-8-6-7-9-20(19)27-28/h6-11,17,29,31H,1,12-14H2,2-5H3. The average Bonchev–Trinajstić information content (AvgIpc) is 3.20. The van der Waals surface area contributed by atoms with Gasteiger partial charge in [-0.2, -0.15) is 0 Å². The first-order chi connectivity index (χ1) is 16.0. The molecular formula is C25H29N3O6. The van der Waals surface area contributed by atoms with E-state index in [1.54, 1.807) is 12.1 Å². The molecule has 0 saturated carbocycles. The second-order valence-corrected chi connectivity index (χ2v) is 9.13. The van der Waals surface area contributed by atoms with Crippen molar-refractivity contribution in [1.82, 2.24) is 15.0 Å². The number of aliphatic hydroxyl groups is 1. The summed E-state index contributed by atoms with van der Waals surface area (Å²) in [5, 5.41) is 29.8. The van der Waals surface area contributed by atoms with Gasteiger partial charge in [-0.25, -0.2) is 4.79 Å². The number of hydrogen-bond acceptors (Lipinski definition) is 8.